The molecule has 2 aliphatic rings. The van der Waals surface area contributed by atoms with Crippen LogP contribution in [-0.4, -0.2) is 23.7 Å². The van der Waals surface area contributed by atoms with Gasteiger partial charge in [-0.2, -0.15) is 0 Å². The highest BCUT2D eigenvalue weighted by Crippen LogP contribution is 2.32. The summed E-state index contributed by atoms with van der Waals surface area (Å²) in [6.07, 6.45) is 7.39. The molecule has 0 aromatic heterocycles. The van der Waals surface area contributed by atoms with Crippen molar-refractivity contribution in [3.8, 4) is 0 Å². The first kappa shape index (κ1) is 9.71. The lowest BCUT2D eigenvalue weighted by molar-refractivity contribution is -0.140. The molecule has 1 saturated heterocycles. The Bertz CT molecular complexity index is 254. The van der Waals surface area contributed by atoms with Gasteiger partial charge in [-0.1, -0.05) is 11.6 Å². The number of aliphatic carboxylic acids is 1. The van der Waals surface area contributed by atoms with Crippen molar-refractivity contribution in [1.82, 2.24) is 5.32 Å². The van der Waals surface area contributed by atoms with E-state index in [0.717, 1.165) is 37.8 Å². The maximum Gasteiger partial charge on any atom is 0.310 e. The molecular formula is C11H17NO2. The largest absolute Gasteiger partial charge is 0.481 e. The molecular weight excluding hydrogens is 178 g/mol. The number of hydrogen-bond donors (Lipinski definition) is 2. The van der Waals surface area contributed by atoms with E-state index in [9.17, 15) is 4.79 Å². The van der Waals surface area contributed by atoms with Gasteiger partial charge >= 0.3 is 5.97 Å². The van der Waals surface area contributed by atoms with Crippen LogP contribution in [0.4, 0.5) is 0 Å². The minimum absolute atomic E-state index is 0.197. The first-order valence-electron chi connectivity index (χ1n) is 5.44. The maximum absolute atomic E-state index is 10.9. The minimum atomic E-state index is -0.647. The van der Waals surface area contributed by atoms with Crippen molar-refractivity contribution in [2.45, 2.75) is 38.1 Å². The van der Waals surface area contributed by atoms with Crippen LogP contribution in [0.15, 0.2) is 11.6 Å². The standard InChI is InChI=1S/C11H17NO2/c13-11(14)10-5-1-3-8(10)7-9-4-2-6-12-9/h7,9-10,12H,1-6H2,(H,13,14)/b8-7+/t9-,10+/m0/s1. The van der Waals surface area contributed by atoms with Crippen LogP contribution in [-0.2, 0) is 4.79 Å². The number of nitrogens with one attached hydrogen (secondary N) is 1. The van der Waals surface area contributed by atoms with E-state index in [0.29, 0.717) is 6.04 Å². The summed E-state index contributed by atoms with van der Waals surface area (Å²) in [5.41, 5.74) is 1.15. The summed E-state index contributed by atoms with van der Waals surface area (Å²) in [5, 5.41) is 12.4. The first-order valence-corrected chi connectivity index (χ1v) is 5.44. The average Bonchev–Trinajstić information content (AvgIpc) is 2.75. The highest BCUT2D eigenvalue weighted by atomic mass is 16.4. The quantitative estimate of drug-likeness (QED) is 0.657. The lowest BCUT2D eigenvalue weighted by Gasteiger charge is -2.09. The van der Waals surface area contributed by atoms with Gasteiger partial charge in [-0.25, -0.2) is 0 Å². The summed E-state index contributed by atoms with van der Waals surface area (Å²) in [6, 6.07) is 0.435. The van der Waals surface area contributed by atoms with Gasteiger partial charge in [-0.15, -0.1) is 0 Å². The first-order chi connectivity index (χ1) is 6.77. The second kappa shape index (κ2) is 4.13. The van der Waals surface area contributed by atoms with Crippen molar-refractivity contribution >= 4 is 5.97 Å². The Kier molecular flexibility index (Phi) is 2.87. The molecule has 3 heteroatoms. The number of carboxylic acids is 1. The van der Waals surface area contributed by atoms with Crippen molar-refractivity contribution in [1.29, 1.82) is 0 Å². The molecule has 0 amide bonds. The van der Waals surface area contributed by atoms with Crippen molar-refractivity contribution in [3.63, 3.8) is 0 Å². The van der Waals surface area contributed by atoms with Gasteiger partial charge in [0.15, 0.2) is 0 Å². The second-order valence-electron chi connectivity index (χ2n) is 4.23. The van der Waals surface area contributed by atoms with E-state index in [4.69, 9.17) is 5.11 Å². The summed E-state index contributed by atoms with van der Waals surface area (Å²) in [6.45, 7) is 1.08. The predicted octanol–water partition coefficient (Wildman–Crippen LogP) is 1.55. The third-order valence-electron chi connectivity index (χ3n) is 3.22. The highest BCUT2D eigenvalue weighted by Gasteiger charge is 2.28. The molecule has 0 spiro atoms. The molecule has 3 nitrogen and oxygen atoms in total. The summed E-state index contributed by atoms with van der Waals surface area (Å²) in [4.78, 5) is 10.9. The Morgan fingerprint density at radius 2 is 2.29 bits per heavy atom. The second-order valence-corrected chi connectivity index (χ2v) is 4.23. The number of rotatable bonds is 2. The van der Waals surface area contributed by atoms with E-state index in [2.05, 4.69) is 11.4 Å². The topological polar surface area (TPSA) is 49.3 Å². The molecule has 1 aliphatic carbocycles. The van der Waals surface area contributed by atoms with Crippen LogP contribution in [0, 0.1) is 5.92 Å². The normalized spacial score (nSPS) is 35.3. The molecule has 1 aliphatic heterocycles. The molecule has 0 unspecified atom stereocenters. The third kappa shape index (κ3) is 1.98. The molecule has 2 atom stereocenters. The SMILES string of the molecule is O=C(O)[C@@H]1CCC/C1=C\[C@@H]1CCCN1. The molecule has 1 heterocycles. The molecule has 1 saturated carbocycles. The van der Waals surface area contributed by atoms with Gasteiger partial charge in [0, 0.05) is 6.04 Å². The van der Waals surface area contributed by atoms with E-state index in [1.807, 2.05) is 0 Å². The van der Waals surface area contributed by atoms with Gasteiger partial charge in [0.25, 0.3) is 0 Å². The Hall–Kier alpha value is -0.830. The van der Waals surface area contributed by atoms with Crippen LogP contribution in [0.1, 0.15) is 32.1 Å². The summed E-state index contributed by atoms with van der Waals surface area (Å²) in [5.74, 6) is -0.843. The number of carboxylic acid groups (broad SMARTS) is 1. The zero-order valence-corrected chi connectivity index (χ0v) is 8.33. The molecule has 0 aromatic carbocycles. The zero-order chi connectivity index (χ0) is 9.97. The van der Waals surface area contributed by atoms with E-state index in [1.165, 1.54) is 6.42 Å². The van der Waals surface area contributed by atoms with Gasteiger partial charge in [0.05, 0.1) is 5.92 Å². The average molecular weight is 195 g/mol. The number of hydrogen-bond acceptors (Lipinski definition) is 2. The third-order valence-corrected chi connectivity index (χ3v) is 3.22. The molecule has 2 N–H and O–H groups in total. The summed E-state index contributed by atoms with van der Waals surface area (Å²) in [7, 11) is 0. The fraction of sp³-hybridized carbons (Fsp3) is 0.727. The minimum Gasteiger partial charge on any atom is -0.481 e. The van der Waals surface area contributed by atoms with E-state index in [-0.39, 0.29) is 5.92 Å². The van der Waals surface area contributed by atoms with Gasteiger partial charge in [-0.3, -0.25) is 4.79 Å². The van der Waals surface area contributed by atoms with Gasteiger partial charge in [-0.05, 0) is 38.6 Å². The smallest absolute Gasteiger partial charge is 0.310 e. The van der Waals surface area contributed by atoms with Crippen molar-refractivity contribution in [3.05, 3.63) is 11.6 Å². The van der Waals surface area contributed by atoms with Crippen molar-refractivity contribution in [2.75, 3.05) is 6.54 Å². The molecule has 0 aromatic rings. The number of carbonyl (C=O) groups is 1. The van der Waals surface area contributed by atoms with Crippen molar-refractivity contribution < 1.29 is 9.90 Å². The molecule has 78 valence electrons. The Balaban J connectivity index is 2.04. The van der Waals surface area contributed by atoms with Crippen LogP contribution >= 0.6 is 0 Å². The molecule has 0 bridgehead atoms. The van der Waals surface area contributed by atoms with Crippen molar-refractivity contribution in [2.24, 2.45) is 5.92 Å². The Morgan fingerprint density at radius 3 is 2.93 bits per heavy atom. The van der Waals surface area contributed by atoms with Crippen LogP contribution < -0.4 is 5.32 Å². The molecule has 2 fully saturated rings. The fourth-order valence-electron chi connectivity index (χ4n) is 2.46. The van der Waals surface area contributed by atoms with Crippen LogP contribution in [0.5, 0.6) is 0 Å². The van der Waals surface area contributed by atoms with E-state index >= 15 is 0 Å². The van der Waals surface area contributed by atoms with Gasteiger partial charge in [0.2, 0.25) is 0 Å². The fourth-order valence-corrected chi connectivity index (χ4v) is 2.46. The molecule has 14 heavy (non-hydrogen) atoms. The highest BCUT2D eigenvalue weighted by molar-refractivity contribution is 5.74. The predicted molar refractivity (Wildman–Crippen MR) is 54.1 cm³/mol. The van der Waals surface area contributed by atoms with E-state index < -0.39 is 5.97 Å². The summed E-state index contributed by atoms with van der Waals surface area (Å²) < 4.78 is 0. The molecule has 2 rings (SSSR count). The Morgan fingerprint density at radius 1 is 1.43 bits per heavy atom. The van der Waals surface area contributed by atoms with E-state index in [1.54, 1.807) is 0 Å². The molecule has 0 radical (unpaired) electrons. The van der Waals surface area contributed by atoms with Gasteiger partial charge < -0.3 is 10.4 Å². The zero-order valence-electron chi connectivity index (χ0n) is 8.33. The van der Waals surface area contributed by atoms with Gasteiger partial charge in [0.1, 0.15) is 0 Å². The van der Waals surface area contributed by atoms with Crippen LogP contribution in [0.2, 0.25) is 0 Å². The monoisotopic (exact) mass is 195 g/mol. The lowest BCUT2D eigenvalue weighted by atomic mass is 10.0. The Labute approximate surface area is 84.2 Å². The van der Waals surface area contributed by atoms with Crippen LogP contribution in [0.25, 0.3) is 0 Å². The summed E-state index contributed by atoms with van der Waals surface area (Å²) >= 11 is 0. The lowest BCUT2D eigenvalue weighted by Crippen LogP contribution is -2.20. The van der Waals surface area contributed by atoms with Crippen LogP contribution in [0.3, 0.4) is 0 Å². The maximum atomic E-state index is 10.9.